The molecule has 0 aliphatic rings. The number of phenolic OH excluding ortho intramolecular Hbond substituents is 1. The van der Waals surface area contributed by atoms with E-state index in [1.54, 1.807) is 12.1 Å². The minimum Gasteiger partial charge on any atom is -0.507 e. The molecule has 2 N–H and O–H groups in total. The van der Waals surface area contributed by atoms with Crippen molar-refractivity contribution in [1.29, 1.82) is 0 Å². The molecule has 4 nitrogen and oxygen atoms in total. The topological polar surface area (TPSA) is 52.6 Å². The Morgan fingerprint density at radius 3 is 2.82 bits per heavy atom. The zero-order chi connectivity index (χ0) is 12.8. The molecule has 0 aliphatic carbocycles. The smallest absolute Gasteiger partial charge is 0.255 e. The second-order valence-corrected chi connectivity index (χ2v) is 4.73. The maximum absolute atomic E-state index is 11.7. The van der Waals surface area contributed by atoms with Crippen LogP contribution in [-0.2, 0) is 0 Å². The maximum atomic E-state index is 11.7. The Bertz CT molecular complexity index is 396. The normalized spacial score (nSPS) is 10.6. The third-order valence-electron chi connectivity index (χ3n) is 2.52. The van der Waals surface area contributed by atoms with Gasteiger partial charge in [0.2, 0.25) is 0 Å². The number of halogens is 1. The van der Waals surface area contributed by atoms with E-state index in [-0.39, 0.29) is 11.7 Å². The summed E-state index contributed by atoms with van der Waals surface area (Å²) in [4.78, 5) is 13.8. The van der Waals surface area contributed by atoms with Gasteiger partial charge in [-0.1, -0.05) is 22.9 Å². The van der Waals surface area contributed by atoms with Crippen LogP contribution in [0.15, 0.2) is 22.7 Å². The lowest BCUT2D eigenvalue weighted by Gasteiger charge is -2.14. The fourth-order valence-corrected chi connectivity index (χ4v) is 1.66. The molecule has 1 aromatic rings. The first-order valence-corrected chi connectivity index (χ1v) is 6.29. The second-order valence-electron chi connectivity index (χ2n) is 3.81. The molecule has 0 fully saturated rings. The van der Waals surface area contributed by atoms with E-state index in [9.17, 15) is 9.90 Å². The number of amides is 1. The van der Waals surface area contributed by atoms with E-state index in [0.29, 0.717) is 12.1 Å². The lowest BCUT2D eigenvalue weighted by atomic mass is 10.2. The van der Waals surface area contributed by atoms with Crippen LogP contribution < -0.4 is 5.32 Å². The fraction of sp³-hybridized carbons (Fsp3) is 0.417. The number of phenols is 1. The van der Waals surface area contributed by atoms with Crippen LogP contribution in [0.1, 0.15) is 17.3 Å². The molecule has 1 rings (SSSR count). The molecule has 0 radical (unpaired) electrons. The zero-order valence-electron chi connectivity index (χ0n) is 10.0. The molecule has 0 heterocycles. The molecular formula is C12H17BrN2O2. The van der Waals surface area contributed by atoms with Gasteiger partial charge in [-0.3, -0.25) is 4.79 Å². The molecule has 0 atom stereocenters. The predicted molar refractivity (Wildman–Crippen MR) is 71.3 cm³/mol. The molecule has 1 amide bonds. The summed E-state index contributed by atoms with van der Waals surface area (Å²) in [5.41, 5.74) is 0.298. The van der Waals surface area contributed by atoms with E-state index < -0.39 is 0 Å². The third-order valence-corrected chi connectivity index (χ3v) is 3.02. The van der Waals surface area contributed by atoms with E-state index in [0.717, 1.165) is 17.6 Å². The summed E-state index contributed by atoms with van der Waals surface area (Å²) in [5.74, 6) is -0.264. The predicted octanol–water partition coefficient (Wildman–Crippen LogP) is 1.84. The molecule has 0 bridgehead atoms. The number of hydrogen-bond donors (Lipinski definition) is 2. The minimum absolute atomic E-state index is 0.0132. The Morgan fingerprint density at radius 2 is 2.24 bits per heavy atom. The maximum Gasteiger partial charge on any atom is 0.255 e. The van der Waals surface area contributed by atoms with Crippen LogP contribution in [-0.4, -0.2) is 42.6 Å². The number of hydrogen-bond acceptors (Lipinski definition) is 3. The SMILES string of the molecule is CCN(C)CCNC(=O)c1ccc(Br)cc1O. The van der Waals surface area contributed by atoms with E-state index >= 15 is 0 Å². The van der Waals surface area contributed by atoms with Crippen molar-refractivity contribution in [2.75, 3.05) is 26.7 Å². The van der Waals surface area contributed by atoms with Crippen molar-refractivity contribution >= 4 is 21.8 Å². The number of aromatic hydroxyl groups is 1. The highest BCUT2D eigenvalue weighted by molar-refractivity contribution is 9.10. The van der Waals surface area contributed by atoms with Crippen molar-refractivity contribution in [2.24, 2.45) is 0 Å². The monoisotopic (exact) mass is 300 g/mol. The minimum atomic E-state index is -0.250. The van der Waals surface area contributed by atoms with Gasteiger partial charge >= 0.3 is 0 Å². The van der Waals surface area contributed by atoms with Crippen molar-refractivity contribution in [2.45, 2.75) is 6.92 Å². The summed E-state index contributed by atoms with van der Waals surface area (Å²) < 4.78 is 0.747. The van der Waals surface area contributed by atoms with Crippen molar-refractivity contribution in [3.05, 3.63) is 28.2 Å². The summed E-state index contributed by atoms with van der Waals surface area (Å²) in [7, 11) is 1.99. The number of carbonyl (C=O) groups is 1. The molecule has 0 unspecified atom stereocenters. The first-order valence-electron chi connectivity index (χ1n) is 5.50. The number of benzene rings is 1. The number of likely N-dealkylation sites (N-methyl/N-ethyl adjacent to an activating group) is 1. The summed E-state index contributed by atoms with van der Waals surface area (Å²) >= 11 is 3.23. The fourth-order valence-electron chi connectivity index (χ4n) is 1.31. The molecule has 0 spiro atoms. The summed E-state index contributed by atoms with van der Waals surface area (Å²) in [6.45, 7) is 4.36. The number of nitrogens with zero attached hydrogens (tertiary/aromatic N) is 1. The van der Waals surface area contributed by atoms with E-state index in [1.165, 1.54) is 6.07 Å². The molecule has 0 aliphatic heterocycles. The van der Waals surface area contributed by atoms with E-state index in [2.05, 4.69) is 33.1 Å². The van der Waals surface area contributed by atoms with Gasteiger partial charge in [-0.15, -0.1) is 0 Å². The molecule has 94 valence electrons. The lowest BCUT2D eigenvalue weighted by Crippen LogP contribution is -2.32. The van der Waals surface area contributed by atoms with E-state index in [1.807, 2.05) is 7.05 Å². The quantitative estimate of drug-likeness (QED) is 0.872. The highest BCUT2D eigenvalue weighted by Crippen LogP contribution is 2.21. The van der Waals surface area contributed by atoms with E-state index in [4.69, 9.17) is 0 Å². The average molecular weight is 301 g/mol. The summed E-state index contributed by atoms with van der Waals surface area (Å²) in [6.07, 6.45) is 0. The van der Waals surface area contributed by atoms with Gasteiger partial charge in [0.15, 0.2) is 0 Å². The number of nitrogens with one attached hydrogen (secondary N) is 1. The second kappa shape index (κ2) is 6.61. The highest BCUT2D eigenvalue weighted by Gasteiger charge is 2.10. The first-order chi connectivity index (χ1) is 8.04. The van der Waals surface area contributed by atoms with Crippen molar-refractivity contribution in [1.82, 2.24) is 10.2 Å². The average Bonchev–Trinajstić information content (AvgIpc) is 2.28. The van der Waals surface area contributed by atoms with Crippen LogP contribution >= 0.6 is 15.9 Å². The standard InChI is InChI=1S/C12H17BrN2O2/c1-3-15(2)7-6-14-12(17)10-5-4-9(13)8-11(10)16/h4-5,8,16H,3,6-7H2,1-2H3,(H,14,17). The van der Waals surface area contributed by atoms with Crippen molar-refractivity contribution < 1.29 is 9.90 Å². The summed E-state index contributed by atoms with van der Waals surface area (Å²) in [5, 5.41) is 12.4. The number of carbonyl (C=O) groups excluding carboxylic acids is 1. The molecular weight excluding hydrogens is 284 g/mol. The van der Waals surface area contributed by atoms with Crippen LogP contribution in [0.5, 0.6) is 5.75 Å². The molecule has 1 aromatic carbocycles. The Labute approximate surface area is 110 Å². The van der Waals surface area contributed by atoms with Gasteiger partial charge in [0.1, 0.15) is 5.75 Å². The first kappa shape index (κ1) is 14.0. The van der Waals surface area contributed by atoms with Gasteiger partial charge in [-0.25, -0.2) is 0 Å². The Balaban J connectivity index is 2.52. The molecule has 0 saturated heterocycles. The Hall–Kier alpha value is -1.07. The molecule has 5 heteroatoms. The van der Waals surface area contributed by atoms with Gasteiger partial charge in [0.25, 0.3) is 5.91 Å². The Kier molecular flexibility index (Phi) is 5.44. The van der Waals surface area contributed by atoms with Gasteiger partial charge < -0.3 is 15.3 Å². The van der Waals surface area contributed by atoms with Gasteiger partial charge in [-0.05, 0) is 31.8 Å². The molecule has 0 saturated carbocycles. The summed E-state index contributed by atoms with van der Waals surface area (Å²) in [6, 6.07) is 4.83. The lowest BCUT2D eigenvalue weighted by molar-refractivity contribution is 0.0947. The van der Waals surface area contributed by atoms with Gasteiger partial charge in [0.05, 0.1) is 5.56 Å². The van der Waals surface area contributed by atoms with Crippen LogP contribution in [0.2, 0.25) is 0 Å². The van der Waals surface area contributed by atoms with Crippen molar-refractivity contribution in [3.63, 3.8) is 0 Å². The number of rotatable bonds is 5. The molecule has 17 heavy (non-hydrogen) atoms. The van der Waals surface area contributed by atoms with Gasteiger partial charge in [-0.2, -0.15) is 0 Å². The highest BCUT2D eigenvalue weighted by atomic mass is 79.9. The largest absolute Gasteiger partial charge is 0.507 e. The Morgan fingerprint density at radius 1 is 1.53 bits per heavy atom. The van der Waals surface area contributed by atoms with Crippen LogP contribution in [0.4, 0.5) is 0 Å². The van der Waals surface area contributed by atoms with Crippen LogP contribution in [0.3, 0.4) is 0 Å². The molecule has 0 aromatic heterocycles. The van der Waals surface area contributed by atoms with Gasteiger partial charge in [0, 0.05) is 17.6 Å². The zero-order valence-corrected chi connectivity index (χ0v) is 11.6. The van der Waals surface area contributed by atoms with Crippen LogP contribution in [0.25, 0.3) is 0 Å². The third kappa shape index (κ3) is 4.36. The van der Waals surface area contributed by atoms with Crippen LogP contribution in [0, 0.1) is 0 Å². The van der Waals surface area contributed by atoms with Crippen molar-refractivity contribution in [3.8, 4) is 5.75 Å².